The molecule has 0 aromatic heterocycles. The number of fused-ring (bicyclic) bond motifs is 1. The molecule has 1 N–H and O–H groups in total. The molecule has 0 spiro atoms. The number of likely N-dealkylation sites (tertiary alicyclic amines) is 1. The van der Waals surface area contributed by atoms with Gasteiger partial charge in [0, 0.05) is 30.1 Å². The van der Waals surface area contributed by atoms with Gasteiger partial charge in [0.2, 0.25) is 0 Å². The number of carbonyl (C=O) groups is 1. The first-order chi connectivity index (χ1) is 11.8. The van der Waals surface area contributed by atoms with Crippen molar-refractivity contribution in [1.29, 1.82) is 0 Å². The van der Waals surface area contributed by atoms with Crippen molar-refractivity contribution in [2.75, 3.05) is 26.3 Å². The Balaban J connectivity index is 1.59. The molecule has 1 saturated heterocycles. The lowest BCUT2D eigenvalue weighted by molar-refractivity contribution is 0.0870. The summed E-state index contributed by atoms with van der Waals surface area (Å²) in [5.41, 5.74) is 0.660. The summed E-state index contributed by atoms with van der Waals surface area (Å²) >= 11 is 5.49. The fourth-order valence-electron chi connectivity index (χ4n) is 3.18. The van der Waals surface area contributed by atoms with Gasteiger partial charge in [0.1, 0.15) is 13.2 Å². The van der Waals surface area contributed by atoms with Crippen molar-refractivity contribution >= 4 is 23.1 Å². The van der Waals surface area contributed by atoms with E-state index >= 15 is 0 Å². The molecule has 2 heterocycles. The van der Waals surface area contributed by atoms with E-state index in [0.717, 1.165) is 36.8 Å². The summed E-state index contributed by atoms with van der Waals surface area (Å²) < 4.78 is 11.1. The summed E-state index contributed by atoms with van der Waals surface area (Å²) in [5.74, 6) is 1.61. The van der Waals surface area contributed by atoms with Gasteiger partial charge in [0.05, 0.1) is 0 Å². The lowest BCUT2D eigenvalue weighted by Gasteiger charge is -2.36. The van der Waals surface area contributed by atoms with Crippen molar-refractivity contribution in [3.8, 4) is 11.5 Å². The average molecular weight is 362 g/mol. The van der Waals surface area contributed by atoms with Crippen LogP contribution in [-0.4, -0.2) is 47.6 Å². The smallest absolute Gasteiger partial charge is 0.169 e. The highest BCUT2D eigenvalue weighted by Crippen LogP contribution is 2.32. The number of Topliss-reactive ketones (excluding diaryl/α,β-unsaturated/α-hetero) is 1. The van der Waals surface area contributed by atoms with E-state index in [1.807, 2.05) is 18.2 Å². The van der Waals surface area contributed by atoms with Crippen molar-refractivity contribution in [3.63, 3.8) is 0 Å². The van der Waals surface area contributed by atoms with Gasteiger partial charge in [-0.25, -0.2) is 0 Å². The molecule has 0 radical (unpaired) electrons. The zero-order chi connectivity index (χ0) is 18.0. The van der Waals surface area contributed by atoms with Crippen molar-refractivity contribution in [2.24, 2.45) is 5.92 Å². The Bertz CT molecular complexity index is 661. The van der Waals surface area contributed by atoms with Crippen LogP contribution in [0.4, 0.5) is 0 Å². The molecular formula is C19H26N2O3S. The zero-order valence-electron chi connectivity index (χ0n) is 15.1. The Labute approximate surface area is 154 Å². The maximum atomic E-state index is 12.8. The highest BCUT2D eigenvalue weighted by Gasteiger charge is 2.28. The van der Waals surface area contributed by atoms with Crippen LogP contribution in [0.5, 0.6) is 11.5 Å². The van der Waals surface area contributed by atoms with Crippen LogP contribution in [0.1, 0.15) is 44.0 Å². The summed E-state index contributed by atoms with van der Waals surface area (Å²) in [6.07, 6.45) is 1.64. The van der Waals surface area contributed by atoms with E-state index in [9.17, 15) is 4.79 Å². The van der Waals surface area contributed by atoms with Crippen molar-refractivity contribution in [3.05, 3.63) is 23.8 Å². The topological polar surface area (TPSA) is 50.8 Å². The maximum absolute atomic E-state index is 12.8. The molecule has 5 nitrogen and oxygen atoms in total. The molecule has 1 fully saturated rings. The van der Waals surface area contributed by atoms with Gasteiger partial charge in [-0.05, 0) is 64.0 Å². The molecule has 1 aromatic rings. The number of carbonyl (C=O) groups excluding carboxylic acids is 1. The molecule has 6 heteroatoms. The quantitative estimate of drug-likeness (QED) is 0.645. The molecule has 0 amide bonds. The first kappa shape index (κ1) is 18.0. The first-order valence-corrected chi connectivity index (χ1v) is 9.25. The molecular weight excluding hydrogens is 336 g/mol. The van der Waals surface area contributed by atoms with Crippen LogP contribution in [0.15, 0.2) is 18.2 Å². The summed E-state index contributed by atoms with van der Waals surface area (Å²) in [7, 11) is 0. The highest BCUT2D eigenvalue weighted by molar-refractivity contribution is 7.80. The largest absolute Gasteiger partial charge is 0.486 e. The second-order valence-corrected chi connectivity index (χ2v) is 8.05. The van der Waals surface area contributed by atoms with E-state index in [1.54, 1.807) is 0 Å². The van der Waals surface area contributed by atoms with Crippen LogP contribution in [0.2, 0.25) is 0 Å². The van der Waals surface area contributed by atoms with E-state index in [-0.39, 0.29) is 17.2 Å². The summed E-state index contributed by atoms with van der Waals surface area (Å²) in [4.78, 5) is 15.0. The molecule has 25 heavy (non-hydrogen) atoms. The lowest BCUT2D eigenvalue weighted by Crippen LogP contribution is -2.51. The SMILES string of the molecule is CC(C)(C)NC(=S)N1CCC(C(=O)c2ccc3c(c2)OCCO3)CC1. The van der Waals surface area contributed by atoms with Gasteiger partial charge in [-0.15, -0.1) is 0 Å². The number of ketones is 1. The summed E-state index contributed by atoms with van der Waals surface area (Å²) in [6, 6.07) is 5.49. The van der Waals surface area contributed by atoms with Gasteiger partial charge in [-0.1, -0.05) is 0 Å². The van der Waals surface area contributed by atoms with Crippen LogP contribution < -0.4 is 14.8 Å². The average Bonchev–Trinajstić information content (AvgIpc) is 2.59. The van der Waals surface area contributed by atoms with Gasteiger partial charge < -0.3 is 19.7 Å². The number of nitrogens with one attached hydrogen (secondary N) is 1. The first-order valence-electron chi connectivity index (χ1n) is 8.84. The summed E-state index contributed by atoms with van der Waals surface area (Å²) in [6.45, 7) is 8.99. The van der Waals surface area contributed by atoms with Crippen molar-refractivity contribution < 1.29 is 14.3 Å². The Kier molecular flexibility index (Phi) is 5.18. The third kappa shape index (κ3) is 4.42. The van der Waals surface area contributed by atoms with Crippen LogP contribution in [-0.2, 0) is 0 Å². The number of rotatable bonds is 2. The Morgan fingerprint density at radius 3 is 2.44 bits per heavy atom. The van der Waals surface area contributed by atoms with E-state index in [0.29, 0.717) is 24.5 Å². The Morgan fingerprint density at radius 1 is 1.16 bits per heavy atom. The van der Waals surface area contributed by atoms with Gasteiger partial charge in [-0.2, -0.15) is 0 Å². The van der Waals surface area contributed by atoms with Gasteiger partial charge in [0.25, 0.3) is 0 Å². The number of thiocarbonyl (C=S) groups is 1. The van der Waals surface area contributed by atoms with E-state index in [2.05, 4.69) is 31.0 Å². The second kappa shape index (κ2) is 7.20. The third-order valence-corrected chi connectivity index (χ3v) is 4.82. The van der Waals surface area contributed by atoms with Gasteiger partial charge in [0.15, 0.2) is 22.4 Å². The Morgan fingerprint density at radius 2 is 1.80 bits per heavy atom. The minimum absolute atomic E-state index is 0.0382. The van der Waals surface area contributed by atoms with Crippen LogP contribution >= 0.6 is 12.2 Å². The number of piperidine rings is 1. The van der Waals surface area contributed by atoms with Crippen LogP contribution in [0.3, 0.4) is 0 Å². The Hall–Kier alpha value is -1.82. The molecule has 0 saturated carbocycles. The number of benzene rings is 1. The fraction of sp³-hybridized carbons (Fsp3) is 0.579. The van der Waals surface area contributed by atoms with Crippen molar-refractivity contribution in [2.45, 2.75) is 39.2 Å². The molecule has 0 atom stereocenters. The third-order valence-electron chi connectivity index (χ3n) is 4.46. The molecule has 2 aliphatic heterocycles. The predicted octanol–water partition coefficient (Wildman–Crippen LogP) is 3.03. The predicted molar refractivity (Wildman–Crippen MR) is 102 cm³/mol. The minimum Gasteiger partial charge on any atom is -0.486 e. The molecule has 136 valence electrons. The molecule has 0 bridgehead atoms. The normalized spacial score (nSPS) is 18.0. The number of hydrogen-bond donors (Lipinski definition) is 1. The molecule has 2 aliphatic rings. The molecule has 3 rings (SSSR count). The van der Waals surface area contributed by atoms with E-state index < -0.39 is 0 Å². The monoisotopic (exact) mass is 362 g/mol. The second-order valence-electron chi connectivity index (χ2n) is 7.66. The zero-order valence-corrected chi connectivity index (χ0v) is 15.9. The minimum atomic E-state index is -0.0467. The molecule has 0 aliphatic carbocycles. The highest BCUT2D eigenvalue weighted by atomic mass is 32.1. The lowest BCUT2D eigenvalue weighted by atomic mass is 9.89. The van der Waals surface area contributed by atoms with E-state index in [1.165, 1.54) is 0 Å². The number of nitrogens with zero attached hydrogens (tertiary/aromatic N) is 1. The van der Waals surface area contributed by atoms with Crippen molar-refractivity contribution in [1.82, 2.24) is 10.2 Å². The number of hydrogen-bond acceptors (Lipinski definition) is 4. The molecule has 0 unspecified atom stereocenters. The van der Waals surface area contributed by atoms with E-state index in [4.69, 9.17) is 21.7 Å². The van der Waals surface area contributed by atoms with Gasteiger partial charge >= 0.3 is 0 Å². The summed E-state index contributed by atoms with van der Waals surface area (Å²) in [5, 5.41) is 4.12. The van der Waals surface area contributed by atoms with Crippen LogP contribution in [0, 0.1) is 5.92 Å². The van der Waals surface area contributed by atoms with Gasteiger partial charge in [-0.3, -0.25) is 4.79 Å². The number of ether oxygens (including phenoxy) is 2. The fourth-order valence-corrected chi connectivity index (χ4v) is 3.67. The maximum Gasteiger partial charge on any atom is 0.169 e. The molecule has 1 aromatic carbocycles. The van der Waals surface area contributed by atoms with Crippen LogP contribution in [0.25, 0.3) is 0 Å². The standard InChI is InChI=1S/C19H26N2O3S/c1-19(2,3)20-18(25)21-8-6-13(7-9-21)17(22)14-4-5-15-16(12-14)24-11-10-23-15/h4-5,12-13H,6-11H2,1-3H3,(H,20,25).